The summed E-state index contributed by atoms with van der Waals surface area (Å²) >= 11 is 2.64. The Hall–Kier alpha value is -9.10. The van der Waals surface area contributed by atoms with Gasteiger partial charge in [-0.15, -0.1) is 23.5 Å². The Morgan fingerprint density at radius 3 is 1.06 bits per heavy atom. The van der Waals surface area contributed by atoms with E-state index in [4.69, 9.17) is 56.8 Å². The van der Waals surface area contributed by atoms with Gasteiger partial charge in [-0.1, -0.05) is 38.4 Å². The van der Waals surface area contributed by atoms with Gasteiger partial charge in [0.2, 0.25) is 27.2 Å². The van der Waals surface area contributed by atoms with Gasteiger partial charge in [0.05, 0.1) is 43.0 Å². The molecule has 3 aliphatic rings. The summed E-state index contributed by atoms with van der Waals surface area (Å²) in [6.07, 6.45) is 6.09. The van der Waals surface area contributed by atoms with Crippen molar-refractivity contribution < 1.29 is 100 Å². The second-order valence-electron chi connectivity index (χ2n) is 17.9. The third-order valence-corrected chi connectivity index (χ3v) is 15.6. The number of benzene rings is 4. The van der Waals surface area contributed by atoms with Gasteiger partial charge in [-0.25, -0.2) is 19.2 Å². The van der Waals surface area contributed by atoms with Crippen molar-refractivity contribution in [2.45, 2.75) is 65.7 Å². The zero-order chi connectivity index (χ0) is 58.7. The Morgan fingerprint density at radius 1 is 0.439 bits per heavy atom. The molecule has 0 saturated heterocycles. The maximum Gasteiger partial charge on any atom is 0.333 e. The fourth-order valence-corrected chi connectivity index (χ4v) is 11.3. The number of hydrogen-bond acceptors (Lipinski definition) is 24. The van der Waals surface area contributed by atoms with Crippen molar-refractivity contribution in [3.05, 3.63) is 139 Å². The van der Waals surface area contributed by atoms with Crippen LogP contribution in [0.4, 0.5) is 5.69 Å². The molecule has 23 nitrogen and oxygen atoms in total. The third-order valence-electron chi connectivity index (χ3n) is 12.7. The van der Waals surface area contributed by atoms with Crippen LogP contribution in [0.5, 0.6) is 46.0 Å². The average molecular weight is 1170 g/mol. The van der Waals surface area contributed by atoms with E-state index in [1.807, 2.05) is 0 Å². The number of thioether (sulfide) groups is 2. The lowest BCUT2D eigenvalue weighted by Crippen LogP contribution is -2.30. The van der Waals surface area contributed by atoms with Crippen molar-refractivity contribution >= 4 is 77.0 Å². The molecule has 82 heavy (non-hydrogen) atoms. The summed E-state index contributed by atoms with van der Waals surface area (Å²) in [7, 11) is 0. The molecule has 2 saturated carbocycles. The molecule has 0 bridgehead atoms. The first-order valence-electron chi connectivity index (χ1n) is 25.1. The quantitative estimate of drug-likeness (QED) is 0.0107. The smallest absolute Gasteiger partial charge is 0.333 e. The number of carbonyl (C=O) groups excluding carboxylic acids is 8. The van der Waals surface area contributed by atoms with Gasteiger partial charge < -0.3 is 56.8 Å². The summed E-state index contributed by atoms with van der Waals surface area (Å²) in [5.74, 6) is -6.86. The molecular formula is C57H53NO22S2. The van der Waals surface area contributed by atoms with Crippen LogP contribution in [0.3, 0.4) is 0 Å². The SMILES string of the molecule is C=CC(=O)OCOc1ccc(OC(=O)C2CCC(C(=O)Oc3ccc(OC(=O)C4CCC(C(=O)Oc5ccc(OCOC(=O)C=C)c(OCOC(=O)C=C)c5)CC4)c4c3SC(c3ccc([N+](=O)[O-])cc3)S4)CC2)cc1OCOC(=O)C=C. The van der Waals surface area contributed by atoms with Gasteiger partial charge in [0.25, 0.3) is 5.69 Å². The molecule has 0 radical (unpaired) electrons. The fourth-order valence-electron chi connectivity index (χ4n) is 8.36. The van der Waals surface area contributed by atoms with E-state index in [1.54, 1.807) is 12.1 Å². The highest BCUT2D eigenvalue weighted by molar-refractivity contribution is 8.19. The minimum Gasteiger partial charge on any atom is -0.453 e. The first kappa shape index (κ1) is 60.5. The number of hydrogen-bond donors (Lipinski definition) is 0. The lowest BCUT2D eigenvalue weighted by atomic mass is 9.82. The predicted octanol–water partition coefficient (Wildman–Crippen LogP) is 9.39. The van der Waals surface area contributed by atoms with Crippen LogP contribution in [0.25, 0.3) is 0 Å². The van der Waals surface area contributed by atoms with Gasteiger partial charge in [-0.05, 0) is 93.3 Å². The van der Waals surface area contributed by atoms with Crippen molar-refractivity contribution in [3.63, 3.8) is 0 Å². The van der Waals surface area contributed by atoms with Crippen LogP contribution in [-0.4, -0.2) is 79.8 Å². The van der Waals surface area contributed by atoms with E-state index in [2.05, 4.69) is 26.3 Å². The molecule has 1 aliphatic heterocycles. The highest BCUT2D eigenvalue weighted by Crippen LogP contribution is 2.62. The van der Waals surface area contributed by atoms with Crippen molar-refractivity contribution in [2.75, 3.05) is 27.2 Å². The molecular weight excluding hydrogens is 1110 g/mol. The summed E-state index contributed by atoms with van der Waals surface area (Å²) in [6, 6.07) is 17.4. The Morgan fingerprint density at radius 2 is 0.744 bits per heavy atom. The highest BCUT2D eigenvalue weighted by Gasteiger charge is 2.38. The van der Waals surface area contributed by atoms with Crippen molar-refractivity contribution in [1.82, 2.24) is 0 Å². The average Bonchev–Trinajstić information content (AvgIpc) is 4.14. The number of non-ortho nitro benzene ring substituents is 1. The maximum atomic E-state index is 13.9. The summed E-state index contributed by atoms with van der Waals surface area (Å²) in [5.41, 5.74) is 0.611. The van der Waals surface area contributed by atoms with E-state index in [9.17, 15) is 48.5 Å². The monoisotopic (exact) mass is 1170 g/mol. The van der Waals surface area contributed by atoms with Crippen LogP contribution in [0, 0.1) is 33.8 Å². The van der Waals surface area contributed by atoms with E-state index in [0.717, 1.165) is 24.3 Å². The number of nitro groups is 1. The van der Waals surface area contributed by atoms with Gasteiger partial charge in [-0.3, -0.25) is 29.3 Å². The second kappa shape index (κ2) is 29.4. The normalized spacial score (nSPS) is 17.8. The van der Waals surface area contributed by atoms with Gasteiger partial charge >= 0.3 is 47.8 Å². The van der Waals surface area contributed by atoms with Crippen molar-refractivity contribution in [1.29, 1.82) is 0 Å². The fraction of sp³-hybridized carbons (Fsp3) is 0.298. The molecule has 4 aromatic carbocycles. The molecule has 4 aromatic rings. The third kappa shape index (κ3) is 16.7. The van der Waals surface area contributed by atoms with Gasteiger partial charge in [-0.2, -0.15) is 0 Å². The van der Waals surface area contributed by atoms with Crippen LogP contribution in [0.15, 0.2) is 133 Å². The zero-order valence-corrected chi connectivity index (χ0v) is 45.3. The Bertz CT molecular complexity index is 2930. The van der Waals surface area contributed by atoms with Crippen LogP contribution < -0.4 is 37.9 Å². The van der Waals surface area contributed by atoms with Gasteiger partial charge in [0.1, 0.15) is 23.0 Å². The van der Waals surface area contributed by atoms with E-state index < -0.39 is 104 Å². The van der Waals surface area contributed by atoms with E-state index in [1.165, 1.54) is 84.2 Å². The van der Waals surface area contributed by atoms with Gasteiger partial charge in [0, 0.05) is 48.6 Å². The van der Waals surface area contributed by atoms with Crippen molar-refractivity contribution in [2.24, 2.45) is 23.7 Å². The topological polar surface area (TPSA) is 290 Å². The number of fused-ring (bicyclic) bond motifs is 1. The Balaban J connectivity index is 0.964. The molecule has 0 N–H and O–H groups in total. The number of nitrogens with zero attached hydrogens (tertiary/aromatic N) is 1. The summed E-state index contributed by atoms with van der Waals surface area (Å²) in [4.78, 5) is 113. The predicted molar refractivity (Wildman–Crippen MR) is 287 cm³/mol. The van der Waals surface area contributed by atoms with Crippen LogP contribution >= 0.6 is 23.5 Å². The van der Waals surface area contributed by atoms with Crippen LogP contribution in [0.1, 0.15) is 61.5 Å². The molecule has 0 aromatic heterocycles. The molecule has 0 amide bonds. The lowest BCUT2D eigenvalue weighted by Gasteiger charge is -2.26. The summed E-state index contributed by atoms with van der Waals surface area (Å²) in [5, 5.41) is 11.4. The van der Waals surface area contributed by atoms with Crippen LogP contribution in [0.2, 0.25) is 0 Å². The standard InChI is InChI=1S/C57H53NO22S2/c1-5-47(59)73-29-69-41-23-21-39(27-45(41)71-31-75-49(61)7-3)77-53(63)33-9-13-35(14-10-33)55(65)79-43-25-26-44(52-51(43)81-57(82-52)37-17-19-38(20-18-37)58(67)68)80-56(66)36-15-11-34(12-16-36)54(64)78-40-22-24-42(70-30-74-48(60)6-2)46(28-40)72-32-76-50(62)8-4/h5-8,17-28,33-36,57H,1-4,9-16,29-32H2. The summed E-state index contributed by atoms with van der Waals surface area (Å²) in [6.45, 7) is 11.2. The van der Waals surface area contributed by atoms with Gasteiger partial charge in [0.15, 0.2) is 23.0 Å². The molecule has 430 valence electrons. The van der Waals surface area contributed by atoms with Crippen LogP contribution in [-0.2, 0) is 57.3 Å². The van der Waals surface area contributed by atoms with E-state index >= 15 is 0 Å². The lowest BCUT2D eigenvalue weighted by molar-refractivity contribution is -0.384. The van der Waals surface area contributed by atoms with Crippen molar-refractivity contribution in [3.8, 4) is 46.0 Å². The Labute approximate surface area is 476 Å². The Kier molecular flexibility index (Phi) is 21.7. The molecule has 2 fully saturated rings. The first-order valence-corrected chi connectivity index (χ1v) is 26.9. The molecule has 25 heteroatoms. The molecule has 1 heterocycles. The summed E-state index contributed by atoms with van der Waals surface area (Å²) < 4.78 is 64.5. The van der Waals surface area contributed by atoms with E-state index in [-0.39, 0.29) is 108 Å². The minimum atomic E-state index is -0.755. The first-order chi connectivity index (χ1) is 39.5. The number of carbonyl (C=O) groups is 8. The van der Waals surface area contributed by atoms with E-state index in [0.29, 0.717) is 15.4 Å². The maximum absolute atomic E-state index is 13.9. The molecule has 0 atom stereocenters. The molecule has 2 aliphatic carbocycles. The largest absolute Gasteiger partial charge is 0.453 e. The zero-order valence-electron chi connectivity index (χ0n) is 43.7. The molecule has 0 spiro atoms. The minimum absolute atomic E-state index is 0.00420. The number of nitro benzene ring substituents is 1. The molecule has 7 rings (SSSR count). The molecule has 0 unspecified atom stereocenters. The number of esters is 8. The number of rotatable bonds is 26. The second-order valence-corrected chi connectivity index (χ2v) is 20.4. The number of ether oxygens (including phenoxy) is 12. The highest BCUT2D eigenvalue weighted by atomic mass is 32.2.